The molecule has 1 heterocycles. The number of hydrogen-bond acceptors (Lipinski definition) is 3. The van der Waals surface area contributed by atoms with Crippen molar-refractivity contribution in [2.45, 2.75) is 32.9 Å². The van der Waals surface area contributed by atoms with Gasteiger partial charge in [0, 0.05) is 31.2 Å². The summed E-state index contributed by atoms with van der Waals surface area (Å²) < 4.78 is 0. The van der Waals surface area contributed by atoms with Crippen molar-refractivity contribution in [3.63, 3.8) is 0 Å². The molecule has 1 atom stereocenters. The molecule has 0 aromatic heterocycles. The summed E-state index contributed by atoms with van der Waals surface area (Å²) in [6.07, 6.45) is 0.871. The van der Waals surface area contributed by atoms with Crippen molar-refractivity contribution in [1.29, 1.82) is 0 Å². The number of halogens is 2. The van der Waals surface area contributed by atoms with Crippen LogP contribution in [0.15, 0.2) is 24.3 Å². The van der Waals surface area contributed by atoms with E-state index in [1.807, 2.05) is 37.2 Å². The van der Waals surface area contributed by atoms with E-state index < -0.39 is 0 Å². The molecule has 0 saturated carbocycles. The van der Waals surface area contributed by atoms with Crippen molar-refractivity contribution in [3.05, 3.63) is 35.4 Å². The molecule has 132 valence electrons. The zero-order valence-corrected chi connectivity index (χ0v) is 16.0. The van der Waals surface area contributed by atoms with Gasteiger partial charge in [0.05, 0.1) is 0 Å². The van der Waals surface area contributed by atoms with Crippen LogP contribution in [0.4, 0.5) is 0 Å². The molecule has 2 N–H and O–H groups in total. The molecule has 2 rings (SSSR count). The van der Waals surface area contributed by atoms with E-state index in [0.29, 0.717) is 0 Å². The molecule has 0 bridgehead atoms. The van der Waals surface area contributed by atoms with Crippen molar-refractivity contribution in [1.82, 2.24) is 9.80 Å². The largest absolute Gasteiger partial charge is 0.338 e. The van der Waals surface area contributed by atoms with Crippen LogP contribution in [0.25, 0.3) is 0 Å². The summed E-state index contributed by atoms with van der Waals surface area (Å²) in [6, 6.07) is 8.11. The summed E-state index contributed by atoms with van der Waals surface area (Å²) in [7, 11) is 4.06. The molecule has 1 saturated heterocycles. The zero-order chi connectivity index (χ0) is 15.6. The van der Waals surface area contributed by atoms with E-state index in [9.17, 15) is 4.79 Å². The van der Waals surface area contributed by atoms with Crippen LogP contribution in [-0.4, -0.2) is 48.9 Å². The van der Waals surface area contributed by atoms with Crippen LogP contribution in [0.2, 0.25) is 0 Å². The second kappa shape index (κ2) is 8.88. The Morgan fingerprint density at radius 2 is 2.00 bits per heavy atom. The molecule has 1 amide bonds. The fraction of sp³-hybridized carbons (Fsp3) is 0.588. The maximum atomic E-state index is 12.7. The monoisotopic (exact) mass is 361 g/mol. The highest BCUT2D eigenvalue weighted by Gasteiger charge is 2.35. The smallest absolute Gasteiger partial charge is 0.253 e. The Kier molecular flexibility index (Phi) is 8.57. The lowest BCUT2D eigenvalue weighted by atomic mass is 9.79. The molecule has 0 spiro atoms. The van der Waals surface area contributed by atoms with Gasteiger partial charge in [0.1, 0.15) is 0 Å². The van der Waals surface area contributed by atoms with Gasteiger partial charge in [-0.15, -0.1) is 24.8 Å². The third kappa shape index (κ3) is 5.64. The molecule has 1 fully saturated rings. The summed E-state index contributed by atoms with van der Waals surface area (Å²) in [6.45, 7) is 6.60. The molecule has 0 radical (unpaired) electrons. The number of carbonyl (C=O) groups is 1. The molecular weight excluding hydrogens is 333 g/mol. The van der Waals surface area contributed by atoms with Gasteiger partial charge in [-0.1, -0.05) is 26.0 Å². The molecule has 1 unspecified atom stereocenters. The van der Waals surface area contributed by atoms with Crippen LogP contribution in [0.5, 0.6) is 0 Å². The number of rotatable bonds is 3. The van der Waals surface area contributed by atoms with Crippen molar-refractivity contribution < 1.29 is 4.79 Å². The standard InChI is InChI=1S/C17H27N3O.2ClH/c1-17(2)12-20(9-8-15(17)18)16(21)14-7-5-6-13(10-14)11-19(3)4;;/h5-7,10,15H,8-9,11-12,18H2,1-4H3;2*1H. The number of piperidine rings is 1. The fourth-order valence-corrected chi connectivity index (χ4v) is 2.90. The van der Waals surface area contributed by atoms with Crippen LogP contribution >= 0.6 is 24.8 Å². The first-order valence-electron chi connectivity index (χ1n) is 7.58. The quantitative estimate of drug-likeness (QED) is 0.900. The van der Waals surface area contributed by atoms with E-state index in [4.69, 9.17) is 5.73 Å². The molecule has 4 nitrogen and oxygen atoms in total. The molecule has 0 aliphatic carbocycles. The van der Waals surface area contributed by atoms with E-state index in [0.717, 1.165) is 31.6 Å². The summed E-state index contributed by atoms with van der Waals surface area (Å²) in [5.41, 5.74) is 8.07. The van der Waals surface area contributed by atoms with E-state index in [1.54, 1.807) is 0 Å². The number of nitrogens with two attached hydrogens (primary N) is 1. The molecule has 1 aliphatic heterocycles. The predicted molar refractivity (Wildman–Crippen MR) is 101 cm³/mol. The minimum absolute atomic E-state index is 0. The van der Waals surface area contributed by atoms with E-state index in [2.05, 4.69) is 24.8 Å². The van der Waals surface area contributed by atoms with E-state index >= 15 is 0 Å². The maximum absolute atomic E-state index is 12.7. The van der Waals surface area contributed by atoms with E-state index in [-0.39, 0.29) is 42.2 Å². The average molecular weight is 362 g/mol. The molecule has 6 heteroatoms. The number of likely N-dealkylation sites (tertiary alicyclic amines) is 1. The van der Waals surface area contributed by atoms with Gasteiger partial charge in [-0.2, -0.15) is 0 Å². The van der Waals surface area contributed by atoms with Crippen molar-refractivity contribution in [2.24, 2.45) is 11.1 Å². The van der Waals surface area contributed by atoms with Crippen LogP contribution in [0, 0.1) is 5.41 Å². The number of nitrogens with zero attached hydrogens (tertiary/aromatic N) is 2. The highest BCUT2D eigenvalue weighted by Crippen LogP contribution is 2.28. The Labute approximate surface area is 152 Å². The molecule has 1 aromatic carbocycles. The first-order valence-corrected chi connectivity index (χ1v) is 7.58. The highest BCUT2D eigenvalue weighted by molar-refractivity contribution is 5.94. The van der Waals surface area contributed by atoms with Gasteiger partial charge in [0.25, 0.3) is 5.91 Å². The zero-order valence-electron chi connectivity index (χ0n) is 14.4. The van der Waals surface area contributed by atoms with Gasteiger partial charge in [-0.25, -0.2) is 0 Å². The normalized spacial score (nSPS) is 19.7. The molecule has 23 heavy (non-hydrogen) atoms. The lowest BCUT2D eigenvalue weighted by Gasteiger charge is -2.42. The van der Waals surface area contributed by atoms with Gasteiger partial charge >= 0.3 is 0 Å². The van der Waals surface area contributed by atoms with Gasteiger partial charge < -0.3 is 15.5 Å². The molecular formula is C17H29Cl2N3O. The predicted octanol–water partition coefficient (Wildman–Crippen LogP) is 2.79. The number of amides is 1. The summed E-state index contributed by atoms with van der Waals surface area (Å²) in [4.78, 5) is 16.8. The third-order valence-electron chi connectivity index (χ3n) is 4.27. The Balaban J connectivity index is 0.00000242. The molecule has 1 aliphatic rings. The van der Waals surface area contributed by atoms with Gasteiger partial charge in [-0.3, -0.25) is 4.79 Å². The number of hydrogen-bond donors (Lipinski definition) is 1. The second-order valence-corrected chi connectivity index (χ2v) is 7.05. The van der Waals surface area contributed by atoms with Crippen LogP contribution in [-0.2, 0) is 6.54 Å². The van der Waals surface area contributed by atoms with E-state index in [1.165, 1.54) is 5.56 Å². The second-order valence-electron chi connectivity index (χ2n) is 7.05. The maximum Gasteiger partial charge on any atom is 0.253 e. The fourth-order valence-electron chi connectivity index (χ4n) is 2.90. The number of benzene rings is 1. The van der Waals surface area contributed by atoms with Crippen molar-refractivity contribution in [3.8, 4) is 0 Å². The van der Waals surface area contributed by atoms with Gasteiger partial charge in [-0.05, 0) is 43.6 Å². The summed E-state index contributed by atoms with van der Waals surface area (Å²) in [5.74, 6) is 0.121. The first kappa shape index (κ1) is 22.2. The van der Waals surface area contributed by atoms with Gasteiger partial charge in [0.15, 0.2) is 0 Å². The van der Waals surface area contributed by atoms with Crippen LogP contribution in [0.3, 0.4) is 0 Å². The SMILES string of the molecule is CN(C)Cc1cccc(C(=O)N2CCC(N)C(C)(C)C2)c1.Cl.Cl. The Morgan fingerprint density at radius 3 is 2.57 bits per heavy atom. The Morgan fingerprint density at radius 1 is 1.35 bits per heavy atom. The first-order chi connectivity index (χ1) is 9.79. The molecule has 1 aromatic rings. The Hall–Kier alpha value is -0.810. The van der Waals surface area contributed by atoms with Gasteiger partial charge in [0.2, 0.25) is 0 Å². The summed E-state index contributed by atoms with van der Waals surface area (Å²) >= 11 is 0. The van der Waals surface area contributed by atoms with Crippen molar-refractivity contribution >= 4 is 30.7 Å². The van der Waals surface area contributed by atoms with Crippen LogP contribution in [0.1, 0.15) is 36.2 Å². The highest BCUT2D eigenvalue weighted by atomic mass is 35.5. The lowest BCUT2D eigenvalue weighted by molar-refractivity contribution is 0.0533. The lowest BCUT2D eigenvalue weighted by Crippen LogP contribution is -2.54. The minimum Gasteiger partial charge on any atom is -0.338 e. The van der Waals surface area contributed by atoms with Crippen LogP contribution < -0.4 is 5.73 Å². The topological polar surface area (TPSA) is 49.6 Å². The van der Waals surface area contributed by atoms with Crippen molar-refractivity contribution in [2.75, 3.05) is 27.2 Å². The minimum atomic E-state index is -0.0187. The number of carbonyl (C=O) groups excluding carboxylic acids is 1. The average Bonchev–Trinajstić information content (AvgIpc) is 2.40. The third-order valence-corrected chi connectivity index (χ3v) is 4.27. The Bertz CT molecular complexity index is 520. The summed E-state index contributed by atoms with van der Waals surface area (Å²) in [5, 5.41) is 0.